The van der Waals surface area contributed by atoms with Crippen molar-refractivity contribution < 1.29 is 17.6 Å². The summed E-state index contributed by atoms with van der Waals surface area (Å²) in [5.74, 6) is 3.78. The van der Waals surface area contributed by atoms with E-state index in [0.29, 0.717) is 37.4 Å². The Morgan fingerprint density at radius 2 is 1.80 bits per heavy atom. The maximum absolute atomic E-state index is 13.5. The maximum atomic E-state index is 13.5. The Labute approximate surface area is 179 Å². The molecule has 3 saturated carbocycles. The van der Waals surface area contributed by atoms with Crippen LogP contribution in [0, 0.1) is 5.92 Å². The molecule has 3 atom stereocenters. The number of sulfone groups is 1. The minimum absolute atomic E-state index is 0.110. The molecule has 0 radical (unpaired) electrons. The van der Waals surface area contributed by atoms with E-state index in [9.17, 15) is 13.2 Å². The van der Waals surface area contributed by atoms with Gasteiger partial charge in [-0.2, -0.15) is 0 Å². The number of carbonyl (C=O) groups is 1. The second kappa shape index (κ2) is 7.97. The number of hydrogen-bond donors (Lipinski definition) is 0. The molecule has 4 aliphatic rings. The van der Waals surface area contributed by atoms with Crippen LogP contribution in [0.15, 0.2) is 16.5 Å². The van der Waals surface area contributed by atoms with Gasteiger partial charge in [0.1, 0.15) is 11.5 Å². The van der Waals surface area contributed by atoms with Gasteiger partial charge in [0.05, 0.1) is 24.6 Å². The lowest BCUT2D eigenvalue weighted by molar-refractivity contribution is -0.137. The molecule has 3 unspecified atom stereocenters. The molecule has 1 saturated heterocycles. The predicted molar refractivity (Wildman–Crippen MR) is 115 cm³/mol. The Hall–Kier alpha value is -1.34. The summed E-state index contributed by atoms with van der Waals surface area (Å²) in [4.78, 5) is 17.7. The van der Waals surface area contributed by atoms with Crippen molar-refractivity contribution in [3.63, 3.8) is 0 Å². The van der Waals surface area contributed by atoms with Crippen molar-refractivity contribution in [2.45, 2.75) is 88.9 Å². The summed E-state index contributed by atoms with van der Waals surface area (Å²) in [5, 5.41) is 0. The molecule has 166 valence electrons. The number of carbonyl (C=O) groups excluding carboxylic acids is 1. The molecule has 1 aromatic rings. The Balaban J connectivity index is 1.28. The summed E-state index contributed by atoms with van der Waals surface area (Å²) >= 11 is 0. The highest BCUT2D eigenvalue weighted by molar-refractivity contribution is 7.91. The van der Waals surface area contributed by atoms with Crippen LogP contribution in [-0.4, -0.2) is 60.3 Å². The molecule has 2 heterocycles. The van der Waals surface area contributed by atoms with Crippen LogP contribution < -0.4 is 0 Å². The molecular formula is C23H34N2O4S. The molecule has 0 spiro atoms. The molecule has 7 heteroatoms. The van der Waals surface area contributed by atoms with Crippen LogP contribution in [0.3, 0.4) is 0 Å². The van der Waals surface area contributed by atoms with E-state index in [1.165, 1.54) is 6.42 Å². The zero-order chi connectivity index (χ0) is 20.9. The maximum Gasteiger partial charge on any atom is 0.237 e. The summed E-state index contributed by atoms with van der Waals surface area (Å²) in [5.41, 5.74) is 0. The van der Waals surface area contributed by atoms with Gasteiger partial charge in [-0.25, -0.2) is 8.42 Å². The molecule has 0 bridgehead atoms. The fourth-order valence-electron chi connectivity index (χ4n) is 5.49. The number of nitrogens with zero attached hydrogens (tertiary/aromatic N) is 2. The van der Waals surface area contributed by atoms with Gasteiger partial charge in [-0.05, 0) is 56.6 Å². The third kappa shape index (κ3) is 4.47. The average molecular weight is 435 g/mol. The van der Waals surface area contributed by atoms with E-state index in [0.717, 1.165) is 50.0 Å². The fourth-order valence-corrected chi connectivity index (χ4v) is 7.20. The van der Waals surface area contributed by atoms with Crippen LogP contribution in [-0.2, 0) is 21.2 Å². The van der Waals surface area contributed by atoms with Crippen LogP contribution >= 0.6 is 0 Å². The Kier molecular flexibility index (Phi) is 5.46. The van der Waals surface area contributed by atoms with Gasteiger partial charge >= 0.3 is 0 Å². The second-order valence-corrected chi connectivity index (χ2v) is 12.3. The van der Waals surface area contributed by atoms with Crippen LogP contribution in [0.25, 0.3) is 0 Å². The van der Waals surface area contributed by atoms with E-state index in [2.05, 4.69) is 24.0 Å². The van der Waals surface area contributed by atoms with Crippen molar-refractivity contribution in [3.8, 4) is 0 Å². The van der Waals surface area contributed by atoms with E-state index in [1.54, 1.807) is 0 Å². The van der Waals surface area contributed by atoms with E-state index in [-0.39, 0.29) is 29.5 Å². The number of rotatable bonds is 8. The highest BCUT2D eigenvalue weighted by Crippen LogP contribution is 2.47. The first-order valence-electron chi connectivity index (χ1n) is 11.7. The van der Waals surface area contributed by atoms with Crippen molar-refractivity contribution in [2.24, 2.45) is 5.92 Å². The van der Waals surface area contributed by atoms with E-state index < -0.39 is 9.84 Å². The Morgan fingerprint density at radius 1 is 1.07 bits per heavy atom. The first-order valence-corrected chi connectivity index (χ1v) is 13.6. The first kappa shape index (κ1) is 20.6. The second-order valence-electron chi connectivity index (χ2n) is 10.1. The van der Waals surface area contributed by atoms with Gasteiger partial charge in [0.15, 0.2) is 9.84 Å². The van der Waals surface area contributed by atoms with Crippen LogP contribution in [0.5, 0.6) is 0 Å². The molecule has 30 heavy (non-hydrogen) atoms. The Morgan fingerprint density at radius 3 is 2.40 bits per heavy atom. The quantitative estimate of drug-likeness (QED) is 0.628. The zero-order valence-corrected chi connectivity index (χ0v) is 18.8. The smallest absolute Gasteiger partial charge is 0.237 e. The minimum Gasteiger partial charge on any atom is -0.464 e. The minimum atomic E-state index is -3.01. The number of amides is 1. The van der Waals surface area contributed by atoms with Crippen LogP contribution in [0.4, 0.5) is 0 Å². The molecule has 6 nitrogen and oxygen atoms in total. The lowest BCUT2D eigenvalue weighted by Crippen LogP contribution is -2.50. The van der Waals surface area contributed by atoms with E-state index in [1.807, 2.05) is 4.90 Å². The normalized spacial score (nSPS) is 30.8. The van der Waals surface area contributed by atoms with Gasteiger partial charge in [-0.1, -0.05) is 19.8 Å². The van der Waals surface area contributed by atoms with Gasteiger partial charge in [-0.15, -0.1) is 0 Å². The number of furan rings is 1. The van der Waals surface area contributed by atoms with E-state index in [4.69, 9.17) is 4.42 Å². The largest absolute Gasteiger partial charge is 0.464 e. The standard InChI is InChI=1S/C23H34N2O4S/c1-16-12-21(16)22-9-8-20(29-22)13-24(17-6-7-17)14-23(26)25(18-4-2-3-5-18)19-10-11-30(27,28)15-19/h8-9,16-19,21H,2-7,10-15H2,1H3. The third-order valence-corrected chi connectivity index (χ3v) is 9.28. The monoisotopic (exact) mass is 434 g/mol. The molecule has 1 aliphatic heterocycles. The van der Waals surface area contributed by atoms with Crippen molar-refractivity contribution in [2.75, 3.05) is 18.1 Å². The van der Waals surface area contributed by atoms with Gasteiger partial charge < -0.3 is 9.32 Å². The van der Waals surface area contributed by atoms with Crippen LogP contribution in [0.1, 0.15) is 75.7 Å². The van der Waals surface area contributed by atoms with Crippen molar-refractivity contribution >= 4 is 15.7 Å². The summed E-state index contributed by atoms with van der Waals surface area (Å²) in [6.07, 6.45) is 8.33. The van der Waals surface area contributed by atoms with E-state index >= 15 is 0 Å². The van der Waals surface area contributed by atoms with Crippen molar-refractivity contribution in [3.05, 3.63) is 23.7 Å². The molecule has 3 aliphatic carbocycles. The SMILES string of the molecule is CC1CC1c1ccc(CN(CC(=O)N(C2CCCC2)C2CCS(=O)(=O)C2)C2CC2)o1. The highest BCUT2D eigenvalue weighted by Gasteiger charge is 2.41. The lowest BCUT2D eigenvalue weighted by Gasteiger charge is -2.35. The van der Waals surface area contributed by atoms with Crippen molar-refractivity contribution in [1.29, 1.82) is 0 Å². The molecule has 1 amide bonds. The number of hydrogen-bond acceptors (Lipinski definition) is 5. The molecule has 0 N–H and O–H groups in total. The summed E-state index contributed by atoms with van der Waals surface area (Å²) in [6, 6.07) is 4.69. The average Bonchev–Trinajstić information content (AvgIpc) is 3.49. The van der Waals surface area contributed by atoms with Crippen molar-refractivity contribution in [1.82, 2.24) is 9.80 Å². The molecule has 5 rings (SSSR count). The first-order chi connectivity index (χ1) is 14.4. The summed E-state index contributed by atoms with van der Waals surface area (Å²) in [7, 11) is -3.01. The van der Waals surface area contributed by atoms with Gasteiger partial charge in [-0.3, -0.25) is 9.69 Å². The summed E-state index contributed by atoms with van der Waals surface area (Å²) in [6.45, 7) is 3.29. The summed E-state index contributed by atoms with van der Waals surface area (Å²) < 4.78 is 30.3. The molecule has 1 aromatic heterocycles. The molecule has 4 fully saturated rings. The fraction of sp³-hybridized carbons (Fsp3) is 0.783. The molecular weight excluding hydrogens is 400 g/mol. The highest BCUT2D eigenvalue weighted by atomic mass is 32.2. The van der Waals surface area contributed by atoms with Gasteiger partial charge in [0.25, 0.3) is 0 Å². The molecule has 0 aromatic carbocycles. The van der Waals surface area contributed by atoms with Crippen LogP contribution in [0.2, 0.25) is 0 Å². The van der Waals surface area contributed by atoms with Gasteiger partial charge in [0.2, 0.25) is 5.91 Å². The third-order valence-electron chi connectivity index (χ3n) is 7.53. The van der Waals surface area contributed by atoms with Gasteiger partial charge in [0, 0.05) is 24.0 Å². The lowest BCUT2D eigenvalue weighted by atomic mass is 10.1. The predicted octanol–water partition coefficient (Wildman–Crippen LogP) is 3.33. The topological polar surface area (TPSA) is 70.8 Å². The Bertz CT molecular complexity index is 885. The zero-order valence-electron chi connectivity index (χ0n) is 18.0.